The minimum atomic E-state index is -4.23. The summed E-state index contributed by atoms with van der Waals surface area (Å²) in [4.78, 5) is 11.5. The van der Waals surface area contributed by atoms with Crippen molar-refractivity contribution in [3.05, 3.63) is 28.0 Å². The van der Waals surface area contributed by atoms with Crippen LogP contribution in [0.25, 0.3) is 0 Å². The van der Waals surface area contributed by atoms with Crippen LogP contribution in [0.4, 0.5) is 4.39 Å². The van der Waals surface area contributed by atoms with Gasteiger partial charge in [0, 0.05) is 10.5 Å². The molecule has 8 heteroatoms. The molecule has 2 unspecified atom stereocenters. The van der Waals surface area contributed by atoms with Crippen molar-refractivity contribution in [2.45, 2.75) is 38.1 Å². The summed E-state index contributed by atoms with van der Waals surface area (Å²) < 4.78 is 36.4. The minimum absolute atomic E-state index is 0.0237. The third-order valence-electron chi connectivity index (χ3n) is 3.43. The zero-order chi connectivity index (χ0) is 16.4. The van der Waals surface area contributed by atoms with Gasteiger partial charge in [0.15, 0.2) is 0 Å². The van der Waals surface area contributed by atoms with Crippen LogP contribution in [0.2, 0.25) is 0 Å². The summed E-state index contributed by atoms with van der Waals surface area (Å²) in [7, 11) is -4.23. The molecule has 5 nitrogen and oxygen atoms in total. The van der Waals surface area contributed by atoms with E-state index in [0.29, 0.717) is 0 Å². The summed E-state index contributed by atoms with van der Waals surface area (Å²) in [5.74, 6) is -1.23. The molecule has 0 bridgehead atoms. The van der Waals surface area contributed by atoms with E-state index in [0.717, 1.165) is 18.6 Å². The number of halogens is 2. The molecule has 0 aliphatic heterocycles. The van der Waals surface area contributed by atoms with Gasteiger partial charge in [-0.15, -0.1) is 0 Å². The summed E-state index contributed by atoms with van der Waals surface area (Å²) in [6.45, 7) is 5.84. The van der Waals surface area contributed by atoms with Crippen LogP contribution in [0.3, 0.4) is 0 Å². The van der Waals surface area contributed by atoms with Gasteiger partial charge in [0.2, 0.25) is 10.0 Å². The molecule has 0 saturated carbocycles. The molecule has 1 aromatic carbocycles. The Morgan fingerprint density at radius 3 is 2.48 bits per heavy atom. The van der Waals surface area contributed by atoms with Gasteiger partial charge in [-0.2, -0.15) is 0 Å². The molecule has 1 aromatic rings. The van der Waals surface area contributed by atoms with Crippen LogP contribution in [0, 0.1) is 11.7 Å². The highest BCUT2D eigenvalue weighted by Crippen LogP contribution is 2.24. The van der Waals surface area contributed by atoms with Gasteiger partial charge in [-0.05, 0) is 40.9 Å². The maximum Gasteiger partial charge on any atom is 0.252 e. The molecule has 0 heterocycles. The van der Waals surface area contributed by atoms with Gasteiger partial charge in [-0.3, -0.25) is 4.79 Å². The molecule has 0 radical (unpaired) electrons. The van der Waals surface area contributed by atoms with Gasteiger partial charge in [-0.1, -0.05) is 20.3 Å². The SMILES string of the molecule is CCC(C)C(C)NC(=O)c1cc(S(N)(=O)=O)c(F)cc1Br. The Bertz CT molecular complexity index is 649. The second-order valence-electron chi connectivity index (χ2n) is 4.96. The van der Waals surface area contributed by atoms with Crippen molar-refractivity contribution in [3.8, 4) is 0 Å². The summed E-state index contributed by atoms with van der Waals surface area (Å²) in [5.41, 5.74) is 0.0237. The maximum absolute atomic E-state index is 13.6. The maximum atomic E-state index is 13.6. The van der Waals surface area contributed by atoms with Crippen LogP contribution in [-0.4, -0.2) is 20.4 Å². The first-order valence-corrected chi connectivity index (χ1v) is 8.74. The summed E-state index contributed by atoms with van der Waals surface area (Å²) >= 11 is 3.06. The lowest BCUT2D eigenvalue weighted by atomic mass is 10.0. The highest BCUT2D eigenvalue weighted by atomic mass is 79.9. The first-order valence-electron chi connectivity index (χ1n) is 6.40. The molecule has 0 aliphatic rings. The van der Waals surface area contributed by atoms with Gasteiger partial charge < -0.3 is 5.32 Å². The first-order chi connectivity index (χ1) is 9.57. The number of sulfonamides is 1. The summed E-state index contributed by atoms with van der Waals surface area (Å²) in [6.07, 6.45) is 0.883. The Labute approximate surface area is 132 Å². The molecular weight excluding hydrogens is 363 g/mol. The standard InChI is InChI=1S/C13H18BrFN2O3S/c1-4-7(2)8(3)17-13(18)9-5-12(21(16,19)20)11(15)6-10(9)14/h5-8H,4H2,1-3H3,(H,17,18)(H2,16,19,20). The fourth-order valence-corrected chi connectivity index (χ4v) is 2.81. The molecule has 0 spiro atoms. The third-order valence-corrected chi connectivity index (χ3v) is 5.01. The number of carbonyl (C=O) groups excluding carboxylic acids is 1. The van der Waals surface area contributed by atoms with E-state index in [1.165, 1.54) is 0 Å². The van der Waals surface area contributed by atoms with Crippen molar-refractivity contribution in [1.29, 1.82) is 0 Å². The number of nitrogens with one attached hydrogen (secondary N) is 1. The van der Waals surface area contributed by atoms with Gasteiger partial charge in [0.05, 0.1) is 5.56 Å². The normalized spacial score (nSPS) is 14.6. The number of hydrogen-bond acceptors (Lipinski definition) is 3. The Balaban J connectivity index is 3.16. The number of benzene rings is 1. The van der Waals surface area contributed by atoms with Crippen molar-refractivity contribution in [2.75, 3.05) is 0 Å². The highest BCUT2D eigenvalue weighted by molar-refractivity contribution is 9.10. The molecule has 118 valence electrons. The molecule has 0 fully saturated rings. The van der Waals surface area contributed by atoms with Crippen LogP contribution in [0.5, 0.6) is 0 Å². The molecule has 2 atom stereocenters. The van der Waals surface area contributed by atoms with Gasteiger partial charge >= 0.3 is 0 Å². The molecule has 0 aromatic heterocycles. The number of rotatable bonds is 5. The molecule has 0 aliphatic carbocycles. The largest absolute Gasteiger partial charge is 0.349 e. The number of amides is 1. The Kier molecular flexibility index (Phi) is 5.89. The average molecular weight is 381 g/mol. The van der Waals surface area contributed by atoms with E-state index in [-0.39, 0.29) is 22.0 Å². The predicted octanol–water partition coefficient (Wildman–Crippen LogP) is 2.40. The van der Waals surface area contributed by atoms with Gasteiger partial charge in [0.25, 0.3) is 5.91 Å². The van der Waals surface area contributed by atoms with Crippen molar-refractivity contribution in [3.63, 3.8) is 0 Å². The smallest absolute Gasteiger partial charge is 0.252 e. The van der Waals surface area contributed by atoms with E-state index in [1.807, 2.05) is 20.8 Å². The van der Waals surface area contributed by atoms with Gasteiger partial charge in [0.1, 0.15) is 10.7 Å². The minimum Gasteiger partial charge on any atom is -0.349 e. The lowest BCUT2D eigenvalue weighted by Crippen LogP contribution is -2.37. The quantitative estimate of drug-likeness (QED) is 0.821. The summed E-state index contributed by atoms with van der Waals surface area (Å²) in [5, 5.41) is 7.69. The van der Waals surface area contributed by atoms with E-state index < -0.39 is 26.6 Å². The predicted molar refractivity (Wildman–Crippen MR) is 81.9 cm³/mol. The molecular formula is C13H18BrFN2O3S. The van der Waals surface area contributed by atoms with Crippen molar-refractivity contribution >= 4 is 31.9 Å². The third kappa shape index (κ3) is 4.49. The van der Waals surface area contributed by atoms with Crippen LogP contribution >= 0.6 is 15.9 Å². The van der Waals surface area contributed by atoms with E-state index in [1.54, 1.807) is 0 Å². The lowest BCUT2D eigenvalue weighted by Gasteiger charge is -2.20. The van der Waals surface area contributed by atoms with Crippen LogP contribution in [-0.2, 0) is 10.0 Å². The fraction of sp³-hybridized carbons (Fsp3) is 0.462. The molecule has 1 amide bonds. The monoisotopic (exact) mass is 380 g/mol. The lowest BCUT2D eigenvalue weighted by molar-refractivity contribution is 0.0927. The van der Waals surface area contributed by atoms with Crippen molar-refractivity contribution in [2.24, 2.45) is 11.1 Å². The van der Waals surface area contributed by atoms with Gasteiger partial charge in [-0.25, -0.2) is 17.9 Å². The van der Waals surface area contributed by atoms with E-state index in [9.17, 15) is 17.6 Å². The number of nitrogens with two attached hydrogens (primary N) is 1. The van der Waals surface area contributed by atoms with Crippen LogP contribution < -0.4 is 10.5 Å². The number of primary sulfonamides is 1. The van der Waals surface area contributed by atoms with E-state index in [2.05, 4.69) is 21.2 Å². The topological polar surface area (TPSA) is 89.3 Å². The number of carbonyl (C=O) groups is 1. The van der Waals surface area contributed by atoms with Crippen LogP contribution in [0.15, 0.2) is 21.5 Å². The Hall–Kier alpha value is -0.990. The van der Waals surface area contributed by atoms with Crippen molar-refractivity contribution in [1.82, 2.24) is 5.32 Å². The summed E-state index contributed by atoms with van der Waals surface area (Å²) in [6, 6.07) is 1.76. The van der Waals surface area contributed by atoms with Crippen LogP contribution in [0.1, 0.15) is 37.6 Å². The van der Waals surface area contributed by atoms with E-state index >= 15 is 0 Å². The average Bonchev–Trinajstić information content (AvgIpc) is 2.35. The van der Waals surface area contributed by atoms with Crippen molar-refractivity contribution < 1.29 is 17.6 Å². The second kappa shape index (κ2) is 6.85. The first kappa shape index (κ1) is 18.1. The Morgan fingerprint density at radius 2 is 2.00 bits per heavy atom. The zero-order valence-corrected chi connectivity index (χ0v) is 14.4. The highest BCUT2D eigenvalue weighted by Gasteiger charge is 2.22. The molecule has 3 N–H and O–H groups in total. The molecule has 0 saturated heterocycles. The molecule has 21 heavy (non-hydrogen) atoms. The van der Waals surface area contributed by atoms with E-state index in [4.69, 9.17) is 5.14 Å². The zero-order valence-electron chi connectivity index (χ0n) is 12.0. The molecule has 1 rings (SSSR count). The fourth-order valence-electron chi connectivity index (χ4n) is 1.70. The Morgan fingerprint density at radius 1 is 1.43 bits per heavy atom. The number of hydrogen-bond donors (Lipinski definition) is 2. The second-order valence-corrected chi connectivity index (χ2v) is 7.34.